The predicted octanol–water partition coefficient (Wildman–Crippen LogP) is 4.58. The van der Waals surface area contributed by atoms with Gasteiger partial charge in [-0.15, -0.1) is 0 Å². The highest BCUT2D eigenvalue weighted by atomic mass is 79.9. The quantitative estimate of drug-likeness (QED) is 0.652. The zero-order valence-corrected chi connectivity index (χ0v) is 16.8. The van der Waals surface area contributed by atoms with E-state index in [4.69, 9.17) is 0 Å². The molecular formula is C23H19BrN2O2. The number of amides is 2. The summed E-state index contributed by atoms with van der Waals surface area (Å²) in [5.74, 6) is -0.126. The van der Waals surface area contributed by atoms with E-state index in [-0.39, 0.29) is 11.8 Å². The van der Waals surface area contributed by atoms with Crippen molar-refractivity contribution >= 4 is 33.4 Å². The van der Waals surface area contributed by atoms with E-state index < -0.39 is 0 Å². The lowest BCUT2D eigenvalue weighted by Crippen LogP contribution is -2.29. The fraction of sp³-hybridized carbons (Fsp3) is 0.130. The summed E-state index contributed by atoms with van der Waals surface area (Å²) in [5.41, 5.74) is 4.34. The van der Waals surface area contributed by atoms with Crippen molar-refractivity contribution in [1.29, 1.82) is 0 Å². The predicted molar refractivity (Wildman–Crippen MR) is 114 cm³/mol. The zero-order chi connectivity index (χ0) is 19.5. The largest absolute Gasteiger partial charge is 0.348 e. The average molecular weight is 435 g/mol. The molecule has 1 N–H and O–H groups in total. The molecule has 28 heavy (non-hydrogen) atoms. The molecule has 0 radical (unpaired) electrons. The van der Waals surface area contributed by atoms with E-state index >= 15 is 0 Å². The van der Waals surface area contributed by atoms with Gasteiger partial charge in [0.1, 0.15) is 0 Å². The van der Waals surface area contributed by atoms with E-state index in [1.807, 2.05) is 71.6 Å². The van der Waals surface area contributed by atoms with Gasteiger partial charge < -0.3 is 10.2 Å². The third kappa shape index (κ3) is 3.71. The summed E-state index contributed by atoms with van der Waals surface area (Å²) in [6.45, 7) is 1.08. The number of nitrogens with one attached hydrogen (secondary N) is 1. The van der Waals surface area contributed by atoms with E-state index in [0.29, 0.717) is 24.2 Å². The van der Waals surface area contributed by atoms with Crippen molar-refractivity contribution < 1.29 is 9.59 Å². The van der Waals surface area contributed by atoms with Crippen LogP contribution in [0.4, 0.5) is 5.69 Å². The maximum Gasteiger partial charge on any atom is 0.258 e. The molecule has 0 unspecified atom stereocenters. The lowest BCUT2D eigenvalue weighted by Gasteiger charge is -2.18. The third-order valence-electron chi connectivity index (χ3n) is 4.88. The molecule has 0 spiro atoms. The SMILES string of the molecule is O=C(NCc1ccc2c(c1)N(C(=O)c1ccccc1)CC2)c1ccccc1Br. The van der Waals surface area contributed by atoms with Gasteiger partial charge in [-0.3, -0.25) is 9.59 Å². The molecular weight excluding hydrogens is 416 g/mol. The second kappa shape index (κ2) is 7.98. The maximum atomic E-state index is 12.9. The van der Waals surface area contributed by atoms with Crippen LogP contribution in [0.2, 0.25) is 0 Å². The zero-order valence-electron chi connectivity index (χ0n) is 15.2. The monoisotopic (exact) mass is 434 g/mol. The van der Waals surface area contributed by atoms with Gasteiger partial charge in [-0.1, -0.05) is 42.5 Å². The first-order valence-electron chi connectivity index (χ1n) is 9.15. The summed E-state index contributed by atoms with van der Waals surface area (Å²) in [4.78, 5) is 27.1. The topological polar surface area (TPSA) is 49.4 Å². The number of fused-ring (bicyclic) bond motifs is 1. The molecule has 4 nitrogen and oxygen atoms in total. The molecule has 0 saturated carbocycles. The molecule has 1 aliphatic rings. The Balaban J connectivity index is 1.50. The van der Waals surface area contributed by atoms with Gasteiger partial charge >= 0.3 is 0 Å². The molecule has 5 heteroatoms. The third-order valence-corrected chi connectivity index (χ3v) is 5.57. The molecule has 0 aliphatic carbocycles. The Labute approximate surface area is 172 Å². The fourth-order valence-corrected chi connectivity index (χ4v) is 3.87. The van der Waals surface area contributed by atoms with Crippen LogP contribution in [0.25, 0.3) is 0 Å². The fourth-order valence-electron chi connectivity index (χ4n) is 3.41. The summed E-state index contributed by atoms with van der Waals surface area (Å²) in [6, 6.07) is 22.7. The summed E-state index contributed by atoms with van der Waals surface area (Å²) in [5, 5.41) is 2.95. The molecule has 1 heterocycles. The Morgan fingerprint density at radius 2 is 1.71 bits per heavy atom. The number of carbonyl (C=O) groups excluding carboxylic acids is 2. The molecule has 2 amide bonds. The Morgan fingerprint density at radius 3 is 2.50 bits per heavy atom. The molecule has 0 fully saturated rings. The first-order chi connectivity index (χ1) is 13.6. The van der Waals surface area contributed by atoms with Crippen LogP contribution in [-0.4, -0.2) is 18.4 Å². The van der Waals surface area contributed by atoms with Gasteiger partial charge in [0.25, 0.3) is 11.8 Å². The van der Waals surface area contributed by atoms with Gasteiger partial charge in [-0.2, -0.15) is 0 Å². The van der Waals surface area contributed by atoms with Crippen LogP contribution in [0.3, 0.4) is 0 Å². The molecule has 1 aliphatic heterocycles. The van der Waals surface area contributed by atoms with E-state index in [1.54, 1.807) is 6.07 Å². The van der Waals surface area contributed by atoms with Gasteiger partial charge in [-0.05, 0) is 63.8 Å². The van der Waals surface area contributed by atoms with E-state index in [1.165, 1.54) is 0 Å². The van der Waals surface area contributed by atoms with E-state index in [2.05, 4.69) is 21.2 Å². The number of hydrogen-bond acceptors (Lipinski definition) is 2. The number of halogens is 1. The molecule has 0 bridgehead atoms. The summed E-state index contributed by atoms with van der Waals surface area (Å²) >= 11 is 3.40. The molecule has 4 rings (SSSR count). The molecule has 3 aromatic rings. The Bertz CT molecular complexity index is 1030. The van der Waals surface area contributed by atoms with Crippen LogP contribution in [0.15, 0.2) is 77.3 Å². The number of rotatable bonds is 4. The summed E-state index contributed by atoms with van der Waals surface area (Å²) in [6.07, 6.45) is 0.845. The highest BCUT2D eigenvalue weighted by molar-refractivity contribution is 9.10. The smallest absolute Gasteiger partial charge is 0.258 e. The number of hydrogen-bond donors (Lipinski definition) is 1. The second-order valence-corrected chi connectivity index (χ2v) is 7.55. The summed E-state index contributed by atoms with van der Waals surface area (Å²) < 4.78 is 0.765. The Hall–Kier alpha value is -2.92. The molecule has 0 atom stereocenters. The minimum Gasteiger partial charge on any atom is -0.348 e. The lowest BCUT2D eigenvalue weighted by molar-refractivity contribution is 0.0948. The number of nitrogens with zero attached hydrogens (tertiary/aromatic N) is 1. The van der Waals surface area contributed by atoms with Crippen molar-refractivity contribution in [3.8, 4) is 0 Å². The maximum absolute atomic E-state index is 12.9. The van der Waals surface area contributed by atoms with Crippen LogP contribution < -0.4 is 10.2 Å². The Kier molecular flexibility index (Phi) is 5.26. The standard InChI is InChI=1S/C23H19BrN2O2/c24-20-9-5-4-8-19(20)22(27)25-15-16-10-11-17-12-13-26(21(17)14-16)23(28)18-6-2-1-3-7-18/h1-11,14H,12-13,15H2,(H,25,27). The molecule has 3 aromatic carbocycles. The average Bonchev–Trinajstić information content (AvgIpc) is 3.15. The highest BCUT2D eigenvalue weighted by Crippen LogP contribution is 2.30. The van der Waals surface area contributed by atoms with Gasteiger partial charge in [0, 0.05) is 28.8 Å². The first-order valence-corrected chi connectivity index (χ1v) is 9.94. The molecule has 140 valence electrons. The van der Waals surface area contributed by atoms with E-state index in [9.17, 15) is 9.59 Å². The van der Waals surface area contributed by atoms with Crippen molar-refractivity contribution in [2.45, 2.75) is 13.0 Å². The van der Waals surface area contributed by atoms with E-state index in [0.717, 1.165) is 27.7 Å². The van der Waals surface area contributed by atoms with Crippen molar-refractivity contribution in [2.24, 2.45) is 0 Å². The minimum absolute atomic E-state index is 0.00810. The van der Waals surface area contributed by atoms with Crippen molar-refractivity contribution in [1.82, 2.24) is 5.32 Å². The minimum atomic E-state index is -0.134. The summed E-state index contributed by atoms with van der Waals surface area (Å²) in [7, 11) is 0. The van der Waals surface area contributed by atoms with Crippen LogP contribution in [0, 0.1) is 0 Å². The number of anilines is 1. The van der Waals surface area contributed by atoms with Gasteiger partial charge in [0.15, 0.2) is 0 Å². The van der Waals surface area contributed by atoms with Crippen LogP contribution in [0.5, 0.6) is 0 Å². The van der Waals surface area contributed by atoms with Gasteiger partial charge in [0.2, 0.25) is 0 Å². The Morgan fingerprint density at radius 1 is 0.964 bits per heavy atom. The van der Waals surface area contributed by atoms with Gasteiger partial charge in [-0.25, -0.2) is 0 Å². The van der Waals surface area contributed by atoms with Crippen LogP contribution >= 0.6 is 15.9 Å². The highest BCUT2D eigenvalue weighted by Gasteiger charge is 2.25. The van der Waals surface area contributed by atoms with Gasteiger partial charge in [0.05, 0.1) is 5.56 Å². The van der Waals surface area contributed by atoms with Crippen LogP contribution in [0.1, 0.15) is 31.8 Å². The van der Waals surface area contributed by atoms with Crippen molar-refractivity contribution in [3.63, 3.8) is 0 Å². The molecule has 0 aromatic heterocycles. The first kappa shape index (κ1) is 18.4. The number of benzene rings is 3. The van der Waals surface area contributed by atoms with Crippen molar-refractivity contribution in [2.75, 3.05) is 11.4 Å². The van der Waals surface area contributed by atoms with Crippen LogP contribution in [-0.2, 0) is 13.0 Å². The number of carbonyl (C=O) groups is 2. The van der Waals surface area contributed by atoms with Crippen molar-refractivity contribution in [3.05, 3.63) is 99.5 Å². The molecule has 0 saturated heterocycles. The lowest BCUT2D eigenvalue weighted by atomic mass is 10.1. The second-order valence-electron chi connectivity index (χ2n) is 6.70. The normalized spacial score (nSPS) is 12.5.